The van der Waals surface area contributed by atoms with Crippen molar-refractivity contribution in [2.75, 3.05) is 7.11 Å². The van der Waals surface area contributed by atoms with Crippen LogP contribution in [0.5, 0.6) is 5.75 Å². The van der Waals surface area contributed by atoms with Crippen molar-refractivity contribution in [1.29, 1.82) is 0 Å². The first kappa shape index (κ1) is 15.5. The van der Waals surface area contributed by atoms with Crippen LogP contribution < -0.4 is 10.3 Å². The molecule has 0 unspecified atom stereocenters. The van der Waals surface area contributed by atoms with E-state index in [1.165, 1.54) is 0 Å². The van der Waals surface area contributed by atoms with Gasteiger partial charge in [-0.05, 0) is 11.6 Å². The Labute approximate surface area is 113 Å². The normalized spacial score (nSPS) is 11.2. The fraction of sp³-hybridized carbons (Fsp3) is 0.400. The van der Waals surface area contributed by atoms with Gasteiger partial charge < -0.3 is 14.5 Å². The molecular weight excluding hydrogens is 335 g/mol. The molecule has 0 aromatic carbocycles. The summed E-state index contributed by atoms with van der Waals surface area (Å²) >= 11 is 3.05. The van der Waals surface area contributed by atoms with Crippen LogP contribution in [-0.2, 0) is 21.3 Å². The Morgan fingerprint density at radius 1 is 1.47 bits per heavy atom. The number of esters is 1. The van der Waals surface area contributed by atoms with Crippen molar-refractivity contribution in [2.24, 2.45) is 0 Å². The van der Waals surface area contributed by atoms with E-state index in [1.54, 1.807) is 0 Å². The van der Waals surface area contributed by atoms with E-state index >= 15 is 0 Å². The minimum atomic E-state index is -4.96. The summed E-state index contributed by atoms with van der Waals surface area (Å²) in [7, 11) is 1.16. The molecule has 19 heavy (non-hydrogen) atoms. The summed E-state index contributed by atoms with van der Waals surface area (Å²) in [4.78, 5) is 24.7. The molecule has 0 aliphatic heterocycles. The maximum absolute atomic E-state index is 12.1. The Balaban J connectivity index is 3.14. The average molecular weight is 344 g/mol. The third-order valence-corrected chi connectivity index (χ3v) is 2.70. The highest BCUT2D eigenvalue weighted by molar-refractivity contribution is 9.08. The van der Waals surface area contributed by atoms with E-state index in [-0.39, 0.29) is 17.4 Å². The number of alkyl halides is 4. The van der Waals surface area contributed by atoms with E-state index in [4.69, 9.17) is 0 Å². The first-order valence-corrected chi connectivity index (χ1v) is 6.02. The van der Waals surface area contributed by atoms with Gasteiger partial charge in [0.25, 0.3) is 5.56 Å². The number of hydrogen-bond acceptors (Lipinski definition) is 4. The Kier molecular flexibility index (Phi) is 4.98. The molecule has 9 heteroatoms. The lowest BCUT2D eigenvalue weighted by atomic mass is 10.1. The van der Waals surface area contributed by atoms with Crippen molar-refractivity contribution in [3.8, 4) is 5.75 Å². The number of H-pyrrole nitrogens is 1. The Hall–Kier alpha value is -1.51. The predicted octanol–water partition coefficient (Wildman–Crippen LogP) is 1.88. The highest BCUT2D eigenvalue weighted by atomic mass is 79.9. The van der Waals surface area contributed by atoms with E-state index in [0.717, 1.165) is 13.2 Å². The Bertz CT molecular complexity index is 526. The van der Waals surface area contributed by atoms with E-state index in [0.29, 0.717) is 5.56 Å². The van der Waals surface area contributed by atoms with Crippen LogP contribution in [-0.4, -0.2) is 24.4 Å². The number of carbonyl (C=O) groups is 1. The van der Waals surface area contributed by atoms with E-state index in [9.17, 15) is 22.8 Å². The molecule has 0 spiro atoms. The monoisotopic (exact) mass is 343 g/mol. The minimum absolute atomic E-state index is 0.143. The van der Waals surface area contributed by atoms with Gasteiger partial charge >= 0.3 is 12.3 Å². The van der Waals surface area contributed by atoms with Gasteiger partial charge in [0.2, 0.25) is 0 Å². The summed E-state index contributed by atoms with van der Waals surface area (Å²) in [6, 6.07) is 0.930. The van der Waals surface area contributed by atoms with E-state index in [1.807, 2.05) is 0 Å². The highest BCUT2D eigenvalue weighted by Crippen LogP contribution is 2.22. The molecule has 106 valence electrons. The number of methoxy groups -OCH3 is 1. The van der Waals surface area contributed by atoms with Crippen LogP contribution >= 0.6 is 15.9 Å². The SMILES string of the molecule is COC(=O)Cc1[nH]c(=O)c(OC(F)(F)F)cc1CBr. The fourth-order valence-corrected chi connectivity index (χ4v) is 1.78. The van der Waals surface area contributed by atoms with Gasteiger partial charge in [-0.3, -0.25) is 9.59 Å². The standard InChI is InChI=1S/C10H9BrF3NO4/c1-18-8(16)3-6-5(4-11)2-7(9(17)15-6)19-10(12,13)14/h2H,3-4H2,1H3,(H,15,17). The molecule has 0 fully saturated rings. The lowest BCUT2D eigenvalue weighted by molar-refractivity contribution is -0.275. The van der Waals surface area contributed by atoms with Crippen molar-refractivity contribution >= 4 is 21.9 Å². The van der Waals surface area contributed by atoms with Gasteiger partial charge in [0.05, 0.1) is 13.5 Å². The Morgan fingerprint density at radius 2 is 2.11 bits per heavy atom. The summed E-state index contributed by atoms with van der Waals surface area (Å²) in [5.74, 6) is -1.50. The second-order valence-electron chi connectivity index (χ2n) is 3.40. The number of aromatic nitrogens is 1. The third kappa shape index (κ3) is 4.58. The lowest BCUT2D eigenvalue weighted by Crippen LogP contribution is -2.24. The number of aromatic amines is 1. The van der Waals surface area contributed by atoms with Gasteiger partial charge in [-0.25, -0.2) is 0 Å². The molecule has 5 nitrogen and oxygen atoms in total. The van der Waals surface area contributed by atoms with Gasteiger partial charge in [-0.15, -0.1) is 13.2 Å². The zero-order valence-electron chi connectivity index (χ0n) is 9.64. The first-order valence-electron chi connectivity index (χ1n) is 4.90. The molecular formula is C10H9BrF3NO4. The summed E-state index contributed by atoms with van der Waals surface area (Å²) in [6.07, 6.45) is -5.21. The maximum Gasteiger partial charge on any atom is 0.573 e. The van der Waals surface area contributed by atoms with Gasteiger partial charge in [-0.1, -0.05) is 15.9 Å². The first-order chi connectivity index (χ1) is 8.76. The second-order valence-corrected chi connectivity index (χ2v) is 3.96. The van der Waals surface area contributed by atoms with E-state index in [2.05, 4.69) is 30.4 Å². The third-order valence-electron chi connectivity index (χ3n) is 2.10. The van der Waals surface area contributed by atoms with E-state index < -0.39 is 23.6 Å². The molecule has 0 bridgehead atoms. The second kappa shape index (κ2) is 6.09. The van der Waals surface area contributed by atoms with Crippen molar-refractivity contribution in [3.05, 3.63) is 27.7 Å². The lowest BCUT2D eigenvalue weighted by Gasteiger charge is -2.11. The van der Waals surface area contributed by atoms with Crippen molar-refractivity contribution in [1.82, 2.24) is 4.98 Å². The van der Waals surface area contributed by atoms with Crippen LogP contribution in [0.2, 0.25) is 0 Å². The molecule has 0 aliphatic carbocycles. The largest absolute Gasteiger partial charge is 0.573 e. The van der Waals surface area contributed by atoms with Crippen LogP contribution in [0.1, 0.15) is 11.3 Å². The maximum atomic E-state index is 12.1. The number of carbonyl (C=O) groups excluding carboxylic acids is 1. The number of pyridine rings is 1. The number of hydrogen-bond donors (Lipinski definition) is 1. The van der Waals surface area contributed by atoms with Crippen LogP contribution in [0.4, 0.5) is 13.2 Å². The number of nitrogens with one attached hydrogen (secondary N) is 1. The molecule has 0 atom stereocenters. The fourth-order valence-electron chi connectivity index (χ4n) is 1.28. The summed E-state index contributed by atoms with van der Waals surface area (Å²) < 4.78 is 44.2. The zero-order chi connectivity index (χ0) is 14.6. The molecule has 0 saturated carbocycles. The van der Waals surface area contributed by atoms with Gasteiger partial charge in [-0.2, -0.15) is 0 Å². The number of rotatable bonds is 4. The summed E-state index contributed by atoms with van der Waals surface area (Å²) in [5.41, 5.74) is -0.603. The molecule has 0 saturated heterocycles. The molecule has 0 amide bonds. The highest BCUT2D eigenvalue weighted by Gasteiger charge is 2.32. The average Bonchev–Trinajstić information content (AvgIpc) is 2.30. The van der Waals surface area contributed by atoms with Gasteiger partial charge in [0.15, 0.2) is 5.75 Å². The van der Waals surface area contributed by atoms with Crippen molar-refractivity contribution < 1.29 is 27.4 Å². The van der Waals surface area contributed by atoms with Crippen molar-refractivity contribution in [3.63, 3.8) is 0 Å². The summed E-state index contributed by atoms with van der Waals surface area (Å²) in [6.45, 7) is 0. The Morgan fingerprint density at radius 3 is 2.58 bits per heavy atom. The minimum Gasteiger partial charge on any atom is -0.469 e. The quantitative estimate of drug-likeness (QED) is 0.669. The van der Waals surface area contributed by atoms with Crippen LogP contribution in [0.15, 0.2) is 10.9 Å². The molecule has 0 radical (unpaired) electrons. The smallest absolute Gasteiger partial charge is 0.469 e. The number of halogens is 4. The van der Waals surface area contributed by atoms with Crippen LogP contribution in [0.25, 0.3) is 0 Å². The molecule has 1 rings (SSSR count). The predicted molar refractivity (Wildman–Crippen MR) is 62.1 cm³/mol. The van der Waals surface area contributed by atoms with Crippen molar-refractivity contribution in [2.45, 2.75) is 18.1 Å². The molecule has 1 N–H and O–H groups in total. The summed E-state index contributed by atoms with van der Waals surface area (Å²) in [5, 5.41) is 0.143. The molecule has 0 aliphatic rings. The zero-order valence-corrected chi connectivity index (χ0v) is 11.2. The molecule has 1 aromatic rings. The van der Waals surface area contributed by atoms with Crippen LogP contribution in [0.3, 0.4) is 0 Å². The number of ether oxygens (including phenoxy) is 2. The molecule has 1 aromatic heterocycles. The van der Waals surface area contributed by atoms with Crippen LogP contribution in [0, 0.1) is 0 Å². The van der Waals surface area contributed by atoms with Gasteiger partial charge in [0.1, 0.15) is 0 Å². The molecule has 1 heterocycles. The topological polar surface area (TPSA) is 68.4 Å². The van der Waals surface area contributed by atoms with Gasteiger partial charge in [0, 0.05) is 11.0 Å².